The number of rotatable bonds is 4. The zero-order chi connectivity index (χ0) is 14.8. The molecule has 1 aromatic carbocycles. The Bertz CT molecular complexity index is 543. The van der Waals surface area contributed by atoms with E-state index in [1.165, 1.54) is 12.1 Å². The van der Waals surface area contributed by atoms with Crippen LogP contribution in [-0.2, 0) is 4.74 Å². The lowest BCUT2D eigenvalue weighted by atomic mass is 10.0. The smallest absolute Gasteiger partial charge is 0.270 e. The summed E-state index contributed by atoms with van der Waals surface area (Å²) in [6.45, 7) is 0.588. The number of non-ortho nitro benzene ring substituents is 1. The lowest BCUT2D eigenvalue weighted by Crippen LogP contribution is -2.43. The van der Waals surface area contributed by atoms with Crippen molar-refractivity contribution < 1.29 is 19.6 Å². The van der Waals surface area contributed by atoms with Gasteiger partial charge in [-0.3, -0.25) is 14.9 Å². The first-order valence-electron chi connectivity index (χ1n) is 5.94. The van der Waals surface area contributed by atoms with E-state index in [2.05, 4.69) is 5.32 Å². The van der Waals surface area contributed by atoms with E-state index in [1.54, 1.807) is 0 Å². The monoisotopic (exact) mass is 300 g/mol. The van der Waals surface area contributed by atoms with Crippen LogP contribution in [0.5, 0.6) is 0 Å². The molecule has 0 saturated carbocycles. The number of hydrogen-bond donors (Lipinski definition) is 2. The third-order valence-electron chi connectivity index (χ3n) is 3.07. The molecule has 0 bridgehead atoms. The second-order valence-electron chi connectivity index (χ2n) is 4.63. The molecule has 1 atom stereocenters. The number of benzene rings is 1. The lowest BCUT2D eigenvalue weighted by molar-refractivity contribution is -0.384. The number of ether oxygens (including phenoxy) is 1. The molecule has 20 heavy (non-hydrogen) atoms. The maximum Gasteiger partial charge on any atom is 0.270 e. The van der Waals surface area contributed by atoms with Crippen LogP contribution in [0.1, 0.15) is 16.8 Å². The highest BCUT2D eigenvalue weighted by Gasteiger charge is 2.32. The minimum absolute atomic E-state index is 0.00313. The van der Waals surface area contributed by atoms with Crippen LogP contribution in [0.25, 0.3) is 0 Å². The third kappa shape index (κ3) is 3.24. The van der Waals surface area contributed by atoms with Gasteiger partial charge >= 0.3 is 0 Å². The average molecular weight is 301 g/mol. The van der Waals surface area contributed by atoms with E-state index in [9.17, 15) is 20.0 Å². The molecule has 0 aliphatic carbocycles. The van der Waals surface area contributed by atoms with Crippen molar-refractivity contribution in [3.63, 3.8) is 0 Å². The van der Waals surface area contributed by atoms with Crippen molar-refractivity contribution in [3.8, 4) is 0 Å². The second-order valence-corrected chi connectivity index (χ2v) is 5.04. The van der Waals surface area contributed by atoms with Gasteiger partial charge in [0, 0.05) is 31.7 Å². The molecule has 1 aliphatic rings. The van der Waals surface area contributed by atoms with E-state index in [0.29, 0.717) is 13.0 Å². The van der Waals surface area contributed by atoms with Gasteiger partial charge in [0.05, 0.1) is 22.1 Å². The molecule has 2 rings (SSSR count). The molecule has 1 heterocycles. The topological polar surface area (TPSA) is 102 Å². The van der Waals surface area contributed by atoms with Gasteiger partial charge in [0.1, 0.15) is 5.60 Å². The molecule has 108 valence electrons. The van der Waals surface area contributed by atoms with E-state index in [-0.39, 0.29) is 29.4 Å². The van der Waals surface area contributed by atoms with Crippen LogP contribution in [0.4, 0.5) is 5.69 Å². The van der Waals surface area contributed by atoms with Gasteiger partial charge < -0.3 is 15.2 Å². The molecule has 8 heteroatoms. The van der Waals surface area contributed by atoms with Crippen LogP contribution in [0.3, 0.4) is 0 Å². The molecule has 7 nitrogen and oxygen atoms in total. The quantitative estimate of drug-likeness (QED) is 0.641. The highest BCUT2D eigenvalue weighted by atomic mass is 35.5. The average Bonchev–Trinajstić information content (AvgIpc) is 2.84. The Labute approximate surface area is 119 Å². The fourth-order valence-corrected chi connectivity index (χ4v) is 2.08. The Hall–Kier alpha value is -1.70. The van der Waals surface area contributed by atoms with Crippen molar-refractivity contribution in [3.05, 3.63) is 38.9 Å². The number of carbonyl (C=O) groups excluding carboxylic acids is 1. The van der Waals surface area contributed by atoms with Crippen molar-refractivity contribution in [2.75, 3.05) is 19.8 Å². The molecule has 1 saturated heterocycles. The Morgan fingerprint density at radius 2 is 2.35 bits per heavy atom. The Morgan fingerprint density at radius 3 is 2.95 bits per heavy atom. The van der Waals surface area contributed by atoms with Crippen molar-refractivity contribution in [2.45, 2.75) is 12.0 Å². The van der Waals surface area contributed by atoms with Crippen LogP contribution in [0.15, 0.2) is 18.2 Å². The number of amides is 1. The number of carbonyl (C=O) groups is 1. The molecule has 1 aliphatic heterocycles. The summed E-state index contributed by atoms with van der Waals surface area (Å²) in [5.41, 5.74) is -1.31. The number of nitrogens with zero attached hydrogens (tertiary/aromatic N) is 1. The largest absolute Gasteiger partial charge is 0.386 e. The van der Waals surface area contributed by atoms with Crippen molar-refractivity contribution in [1.82, 2.24) is 5.32 Å². The van der Waals surface area contributed by atoms with Gasteiger partial charge in [0.25, 0.3) is 11.6 Å². The van der Waals surface area contributed by atoms with Crippen LogP contribution in [-0.4, -0.2) is 41.3 Å². The first-order valence-corrected chi connectivity index (χ1v) is 6.31. The maximum absolute atomic E-state index is 12.0. The summed E-state index contributed by atoms with van der Waals surface area (Å²) in [4.78, 5) is 22.0. The zero-order valence-electron chi connectivity index (χ0n) is 10.5. The van der Waals surface area contributed by atoms with Gasteiger partial charge in [-0.15, -0.1) is 0 Å². The highest BCUT2D eigenvalue weighted by molar-refractivity contribution is 6.33. The molecule has 2 N–H and O–H groups in total. The first-order chi connectivity index (χ1) is 9.41. The SMILES string of the molecule is O=C(NCC1(O)CCOC1)c1cc([N+](=O)[O-])ccc1Cl. The summed E-state index contributed by atoms with van der Waals surface area (Å²) in [6.07, 6.45) is 0.427. The van der Waals surface area contributed by atoms with Gasteiger partial charge in [-0.1, -0.05) is 11.6 Å². The molecule has 1 amide bonds. The minimum Gasteiger partial charge on any atom is -0.386 e. The molecular formula is C12H13ClN2O5. The fourth-order valence-electron chi connectivity index (χ4n) is 1.88. The summed E-state index contributed by atoms with van der Waals surface area (Å²) < 4.78 is 5.06. The molecule has 1 unspecified atom stereocenters. The summed E-state index contributed by atoms with van der Waals surface area (Å²) in [6, 6.07) is 3.62. The number of aliphatic hydroxyl groups is 1. The van der Waals surface area contributed by atoms with E-state index in [1.807, 2.05) is 0 Å². The number of hydrogen-bond acceptors (Lipinski definition) is 5. The summed E-state index contributed by atoms with van der Waals surface area (Å²) in [7, 11) is 0. The Kier molecular flexibility index (Phi) is 4.22. The lowest BCUT2D eigenvalue weighted by Gasteiger charge is -2.20. The van der Waals surface area contributed by atoms with Crippen LogP contribution >= 0.6 is 11.6 Å². The zero-order valence-corrected chi connectivity index (χ0v) is 11.2. The van der Waals surface area contributed by atoms with Gasteiger partial charge in [0.15, 0.2) is 0 Å². The fraction of sp³-hybridized carbons (Fsp3) is 0.417. The van der Waals surface area contributed by atoms with E-state index >= 15 is 0 Å². The van der Waals surface area contributed by atoms with Crippen molar-refractivity contribution >= 4 is 23.2 Å². The Balaban J connectivity index is 2.08. The van der Waals surface area contributed by atoms with Crippen molar-refractivity contribution in [2.24, 2.45) is 0 Å². The number of halogens is 1. The normalized spacial score (nSPS) is 21.7. The van der Waals surface area contributed by atoms with Gasteiger partial charge in [-0.05, 0) is 6.07 Å². The number of nitrogens with one attached hydrogen (secondary N) is 1. The van der Waals surface area contributed by atoms with E-state index in [0.717, 1.165) is 6.07 Å². The predicted molar refractivity (Wildman–Crippen MR) is 70.8 cm³/mol. The maximum atomic E-state index is 12.0. The minimum atomic E-state index is -1.09. The van der Waals surface area contributed by atoms with Crippen molar-refractivity contribution in [1.29, 1.82) is 0 Å². The van der Waals surface area contributed by atoms with Gasteiger partial charge in [0.2, 0.25) is 0 Å². The summed E-state index contributed by atoms with van der Waals surface area (Å²) in [5, 5.41) is 23.3. The predicted octanol–water partition coefficient (Wildman–Crippen LogP) is 1.13. The molecule has 1 fully saturated rings. The summed E-state index contributed by atoms with van der Waals surface area (Å²) >= 11 is 5.86. The Morgan fingerprint density at radius 1 is 1.60 bits per heavy atom. The van der Waals surface area contributed by atoms with Gasteiger partial charge in [-0.2, -0.15) is 0 Å². The molecule has 0 aromatic heterocycles. The van der Waals surface area contributed by atoms with Crippen LogP contribution in [0, 0.1) is 10.1 Å². The molecular weight excluding hydrogens is 288 g/mol. The molecule has 0 radical (unpaired) electrons. The highest BCUT2D eigenvalue weighted by Crippen LogP contribution is 2.22. The van der Waals surface area contributed by atoms with E-state index < -0.39 is 16.4 Å². The number of nitro benzene ring substituents is 1. The van der Waals surface area contributed by atoms with E-state index in [4.69, 9.17) is 16.3 Å². The third-order valence-corrected chi connectivity index (χ3v) is 3.40. The second kappa shape index (κ2) is 5.74. The standard InChI is InChI=1S/C12H13ClN2O5/c13-10-2-1-8(15(18)19)5-9(10)11(16)14-6-12(17)3-4-20-7-12/h1-2,5,17H,3-4,6-7H2,(H,14,16). The van der Waals surface area contributed by atoms with Crippen LogP contribution < -0.4 is 5.32 Å². The van der Waals surface area contributed by atoms with Gasteiger partial charge in [-0.25, -0.2) is 0 Å². The van der Waals surface area contributed by atoms with Crippen LogP contribution in [0.2, 0.25) is 5.02 Å². The summed E-state index contributed by atoms with van der Waals surface area (Å²) in [5.74, 6) is -0.570. The molecule has 0 spiro atoms. The number of nitro groups is 1. The molecule has 1 aromatic rings. The first kappa shape index (κ1) is 14.7.